The van der Waals surface area contributed by atoms with Crippen molar-refractivity contribution in [2.75, 3.05) is 18.9 Å². The number of anilines is 1. The standard InChI is InChI=1S/C16H16N2O2/c1-12-10-14(18)4-7-16(12)20-9-8-19-15-5-2-13(11-17)3-6-15/h2-7,10H,8-9,18H2,1H3. The lowest BCUT2D eigenvalue weighted by atomic mass is 10.2. The molecule has 0 heterocycles. The van der Waals surface area contributed by atoms with Gasteiger partial charge in [0.1, 0.15) is 24.7 Å². The molecule has 0 aromatic heterocycles. The smallest absolute Gasteiger partial charge is 0.122 e. The normalized spacial score (nSPS) is 9.80. The second kappa shape index (κ2) is 6.48. The zero-order valence-corrected chi connectivity index (χ0v) is 11.3. The summed E-state index contributed by atoms with van der Waals surface area (Å²) in [5.41, 5.74) is 8.02. The van der Waals surface area contributed by atoms with Gasteiger partial charge in [0.05, 0.1) is 11.6 Å². The highest BCUT2D eigenvalue weighted by molar-refractivity contribution is 5.47. The van der Waals surface area contributed by atoms with E-state index in [1.807, 2.05) is 25.1 Å². The van der Waals surface area contributed by atoms with Gasteiger partial charge in [0.15, 0.2) is 0 Å². The van der Waals surface area contributed by atoms with Gasteiger partial charge in [0, 0.05) is 5.69 Å². The Morgan fingerprint density at radius 1 is 1.05 bits per heavy atom. The van der Waals surface area contributed by atoms with Gasteiger partial charge in [-0.3, -0.25) is 0 Å². The molecule has 0 radical (unpaired) electrons. The zero-order chi connectivity index (χ0) is 14.4. The van der Waals surface area contributed by atoms with Crippen LogP contribution in [0.2, 0.25) is 0 Å². The van der Waals surface area contributed by atoms with Gasteiger partial charge in [-0.15, -0.1) is 0 Å². The van der Waals surface area contributed by atoms with E-state index in [0.29, 0.717) is 18.8 Å². The summed E-state index contributed by atoms with van der Waals surface area (Å²) in [6, 6.07) is 14.6. The third-order valence-electron chi connectivity index (χ3n) is 2.79. The first-order valence-corrected chi connectivity index (χ1v) is 6.31. The molecule has 0 bridgehead atoms. The lowest BCUT2D eigenvalue weighted by molar-refractivity contribution is 0.216. The van der Waals surface area contributed by atoms with Crippen LogP contribution in [0, 0.1) is 18.3 Å². The summed E-state index contributed by atoms with van der Waals surface area (Å²) in [5.74, 6) is 1.53. The Bertz CT molecular complexity index is 615. The highest BCUT2D eigenvalue weighted by atomic mass is 16.5. The molecule has 20 heavy (non-hydrogen) atoms. The molecular formula is C16H16N2O2. The van der Waals surface area contributed by atoms with E-state index in [-0.39, 0.29) is 0 Å². The van der Waals surface area contributed by atoms with Crippen molar-refractivity contribution in [2.45, 2.75) is 6.92 Å². The summed E-state index contributed by atoms with van der Waals surface area (Å²) in [7, 11) is 0. The summed E-state index contributed by atoms with van der Waals surface area (Å²) in [4.78, 5) is 0. The van der Waals surface area contributed by atoms with E-state index in [2.05, 4.69) is 6.07 Å². The third kappa shape index (κ3) is 3.66. The van der Waals surface area contributed by atoms with Crippen LogP contribution >= 0.6 is 0 Å². The van der Waals surface area contributed by atoms with Crippen molar-refractivity contribution < 1.29 is 9.47 Å². The van der Waals surface area contributed by atoms with E-state index in [0.717, 1.165) is 22.7 Å². The molecule has 2 aromatic carbocycles. The summed E-state index contributed by atoms with van der Waals surface area (Å²) in [6.07, 6.45) is 0. The number of nitriles is 1. The first-order valence-electron chi connectivity index (χ1n) is 6.31. The second-order valence-corrected chi connectivity index (χ2v) is 4.36. The van der Waals surface area contributed by atoms with Crippen LogP contribution in [0.1, 0.15) is 11.1 Å². The van der Waals surface area contributed by atoms with Crippen molar-refractivity contribution in [2.24, 2.45) is 0 Å². The minimum atomic E-state index is 0.440. The molecular weight excluding hydrogens is 252 g/mol. The molecule has 4 heteroatoms. The number of aryl methyl sites for hydroxylation is 1. The summed E-state index contributed by atoms with van der Waals surface area (Å²) in [5, 5.41) is 8.69. The predicted molar refractivity (Wildman–Crippen MR) is 77.7 cm³/mol. The van der Waals surface area contributed by atoms with Gasteiger partial charge >= 0.3 is 0 Å². The Kier molecular flexibility index (Phi) is 4.46. The largest absolute Gasteiger partial charge is 0.490 e. The molecule has 4 nitrogen and oxygen atoms in total. The minimum absolute atomic E-state index is 0.440. The minimum Gasteiger partial charge on any atom is -0.490 e. The van der Waals surface area contributed by atoms with Crippen LogP contribution in [-0.4, -0.2) is 13.2 Å². The number of hydrogen-bond donors (Lipinski definition) is 1. The Morgan fingerprint density at radius 2 is 1.75 bits per heavy atom. The van der Waals surface area contributed by atoms with Gasteiger partial charge in [-0.05, 0) is 55.0 Å². The van der Waals surface area contributed by atoms with E-state index in [1.54, 1.807) is 24.3 Å². The summed E-state index contributed by atoms with van der Waals surface area (Å²) >= 11 is 0. The van der Waals surface area contributed by atoms with Gasteiger partial charge in [-0.1, -0.05) is 0 Å². The van der Waals surface area contributed by atoms with Crippen LogP contribution in [0.5, 0.6) is 11.5 Å². The fourth-order valence-corrected chi connectivity index (χ4v) is 1.77. The molecule has 0 aliphatic rings. The van der Waals surface area contributed by atoms with E-state index in [9.17, 15) is 0 Å². The van der Waals surface area contributed by atoms with E-state index in [1.165, 1.54) is 0 Å². The fraction of sp³-hybridized carbons (Fsp3) is 0.188. The quantitative estimate of drug-likeness (QED) is 0.668. The third-order valence-corrected chi connectivity index (χ3v) is 2.79. The number of benzene rings is 2. The summed E-state index contributed by atoms with van der Waals surface area (Å²) in [6.45, 7) is 2.84. The molecule has 102 valence electrons. The van der Waals surface area contributed by atoms with Crippen molar-refractivity contribution in [1.29, 1.82) is 5.26 Å². The Labute approximate surface area is 118 Å². The molecule has 0 aliphatic carbocycles. The first kappa shape index (κ1) is 13.8. The SMILES string of the molecule is Cc1cc(N)ccc1OCCOc1ccc(C#N)cc1. The average Bonchev–Trinajstić information content (AvgIpc) is 2.46. The highest BCUT2D eigenvalue weighted by Crippen LogP contribution is 2.20. The molecule has 0 unspecified atom stereocenters. The van der Waals surface area contributed by atoms with Crippen molar-refractivity contribution in [3.8, 4) is 17.6 Å². The van der Waals surface area contributed by atoms with E-state index in [4.69, 9.17) is 20.5 Å². The fourth-order valence-electron chi connectivity index (χ4n) is 1.77. The predicted octanol–water partition coefficient (Wildman–Crippen LogP) is 2.91. The molecule has 0 fully saturated rings. The van der Waals surface area contributed by atoms with Crippen molar-refractivity contribution in [3.05, 3.63) is 53.6 Å². The van der Waals surface area contributed by atoms with E-state index < -0.39 is 0 Å². The Morgan fingerprint density at radius 3 is 2.40 bits per heavy atom. The van der Waals surface area contributed by atoms with Crippen LogP contribution < -0.4 is 15.2 Å². The zero-order valence-electron chi connectivity index (χ0n) is 11.3. The van der Waals surface area contributed by atoms with Crippen LogP contribution in [0.3, 0.4) is 0 Å². The topological polar surface area (TPSA) is 68.3 Å². The first-order chi connectivity index (χ1) is 9.69. The molecule has 2 aromatic rings. The number of nitrogens with two attached hydrogens (primary N) is 1. The molecule has 2 rings (SSSR count). The van der Waals surface area contributed by atoms with Gasteiger partial charge in [-0.2, -0.15) is 5.26 Å². The lowest BCUT2D eigenvalue weighted by Gasteiger charge is -2.10. The van der Waals surface area contributed by atoms with Crippen LogP contribution in [0.15, 0.2) is 42.5 Å². The molecule has 0 amide bonds. The Hall–Kier alpha value is -2.67. The highest BCUT2D eigenvalue weighted by Gasteiger charge is 2.00. The van der Waals surface area contributed by atoms with Crippen LogP contribution in [0.4, 0.5) is 5.69 Å². The van der Waals surface area contributed by atoms with Crippen molar-refractivity contribution >= 4 is 5.69 Å². The number of nitrogen functional groups attached to an aromatic ring is 1. The molecule has 0 spiro atoms. The van der Waals surface area contributed by atoms with Crippen LogP contribution in [0.25, 0.3) is 0 Å². The monoisotopic (exact) mass is 268 g/mol. The van der Waals surface area contributed by atoms with Crippen LogP contribution in [-0.2, 0) is 0 Å². The van der Waals surface area contributed by atoms with Gasteiger partial charge in [0.25, 0.3) is 0 Å². The maximum absolute atomic E-state index is 8.69. The average molecular weight is 268 g/mol. The maximum atomic E-state index is 8.69. The van der Waals surface area contributed by atoms with Gasteiger partial charge in [0.2, 0.25) is 0 Å². The van der Waals surface area contributed by atoms with E-state index >= 15 is 0 Å². The maximum Gasteiger partial charge on any atom is 0.122 e. The molecule has 0 saturated heterocycles. The number of nitrogens with zero attached hydrogens (tertiary/aromatic N) is 1. The van der Waals surface area contributed by atoms with Crippen molar-refractivity contribution in [3.63, 3.8) is 0 Å². The molecule has 2 N–H and O–H groups in total. The van der Waals surface area contributed by atoms with Crippen molar-refractivity contribution in [1.82, 2.24) is 0 Å². The number of rotatable bonds is 5. The number of hydrogen-bond acceptors (Lipinski definition) is 4. The van der Waals surface area contributed by atoms with Gasteiger partial charge in [-0.25, -0.2) is 0 Å². The number of ether oxygens (including phenoxy) is 2. The lowest BCUT2D eigenvalue weighted by Crippen LogP contribution is -2.09. The van der Waals surface area contributed by atoms with Gasteiger partial charge < -0.3 is 15.2 Å². The second-order valence-electron chi connectivity index (χ2n) is 4.36. The molecule has 0 aliphatic heterocycles. The summed E-state index contributed by atoms with van der Waals surface area (Å²) < 4.78 is 11.2. The molecule has 0 saturated carbocycles. The Balaban J connectivity index is 1.80. The molecule has 0 atom stereocenters.